The van der Waals surface area contributed by atoms with Crippen molar-refractivity contribution in [1.29, 1.82) is 0 Å². The van der Waals surface area contributed by atoms with Crippen molar-refractivity contribution >= 4 is 32.3 Å². The molecule has 0 heterocycles. The molecule has 0 unspecified atom stereocenters. The molecule has 0 atom stereocenters. The van der Waals surface area contributed by atoms with E-state index in [4.69, 9.17) is 0 Å². The first-order valence-electron chi connectivity index (χ1n) is 26.2. The Morgan fingerprint density at radius 1 is 0.200 bits per heavy atom. The van der Waals surface area contributed by atoms with Gasteiger partial charge in [0.1, 0.15) is 0 Å². The van der Waals surface area contributed by atoms with Crippen molar-refractivity contribution in [2.75, 3.05) is 0 Å². The fraction of sp³-hybridized carbons (Fsp3) is 0.400. The highest BCUT2D eigenvalue weighted by molar-refractivity contribution is 6.34. The van der Waals surface area contributed by atoms with Crippen LogP contribution in [0.2, 0.25) is 0 Å². The summed E-state index contributed by atoms with van der Waals surface area (Å²) in [5.74, 6) is 0. The molecule has 0 radical (unpaired) electrons. The van der Waals surface area contributed by atoms with Gasteiger partial charge in [-0.15, -0.1) is 0 Å². The van der Waals surface area contributed by atoms with Gasteiger partial charge in [-0.25, -0.2) is 0 Å². The van der Waals surface area contributed by atoms with E-state index >= 15 is 0 Å². The summed E-state index contributed by atoms with van der Waals surface area (Å²) in [5.41, 5.74) is 19.4. The van der Waals surface area contributed by atoms with Gasteiger partial charge in [-0.3, -0.25) is 0 Å². The summed E-state index contributed by atoms with van der Waals surface area (Å²) in [5, 5.41) is 7.80. The molecule has 0 saturated carbocycles. The fourth-order valence-electron chi connectivity index (χ4n) is 10.7. The normalized spacial score (nSPS) is 13.5. The molecule has 0 saturated heterocycles. The molecular weight excluding hydrogens is 841 g/mol. The maximum atomic E-state index is 2.62. The minimum atomic E-state index is -0.107. The first-order chi connectivity index (χ1) is 32.2. The second-order valence-corrected chi connectivity index (χ2v) is 28.0. The Morgan fingerprint density at radius 2 is 0.414 bits per heavy atom. The van der Waals surface area contributed by atoms with E-state index in [-0.39, 0.29) is 37.9 Å². The van der Waals surface area contributed by atoms with Crippen LogP contribution in [0.15, 0.2) is 127 Å². The summed E-state index contributed by atoms with van der Waals surface area (Å²) >= 11 is 0. The van der Waals surface area contributed by atoms with Crippen LogP contribution in [0.4, 0.5) is 0 Å². The molecule has 0 fully saturated rings. The maximum Gasteiger partial charge on any atom is -0.000139 e. The van der Waals surface area contributed by atoms with E-state index in [1.54, 1.807) is 0 Å². The third kappa shape index (κ3) is 9.54. The van der Waals surface area contributed by atoms with Gasteiger partial charge in [0.05, 0.1) is 0 Å². The molecule has 8 rings (SSSR count). The molecule has 0 aromatic heterocycles. The first-order valence-corrected chi connectivity index (χ1v) is 26.2. The molecule has 8 aromatic carbocycles. The molecular formula is C70H84. The van der Waals surface area contributed by atoms with Crippen molar-refractivity contribution in [3.63, 3.8) is 0 Å². The lowest BCUT2D eigenvalue weighted by Gasteiger charge is -2.33. The number of fused-ring (bicyclic) bond motifs is 3. The van der Waals surface area contributed by atoms with E-state index in [1.165, 1.54) is 116 Å². The quantitative estimate of drug-likeness (QED) is 0.154. The van der Waals surface area contributed by atoms with E-state index in [1.807, 2.05) is 0 Å². The topological polar surface area (TPSA) is 0 Å². The van der Waals surface area contributed by atoms with E-state index in [9.17, 15) is 0 Å². The average Bonchev–Trinajstić information content (AvgIpc) is 3.25. The lowest BCUT2D eigenvalue weighted by Crippen LogP contribution is -2.22. The Bertz CT molecular complexity index is 3240. The molecule has 0 bridgehead atoms. The van der Waals surface area contributed by atoms with Crippen molar-refractivity contribution in [3.05, 3.63) is 166 Å². The van der Waals surface area contributed by atoms with Gasteiger partial charge >= 0.3 is 0 Å². The highest BCUT2D eigenvalue weighted by Gasteiger charge is 2.32. The first kappa shape index (κ1) is 50.9. The van der Waals surface area contributed by atoms with Crippen molar-refractivity contribution in [2.24, 2.45) is 0 Å². The van der Waals surface area contributed by atoms with Gasteiger partial charge in [0, 0.05) is 0 Å². The van der Waals surface area contributed by atoms with Crippen LogP contribution in [0.3, 0.4) is 0 Å². The lowest BCUT2D eigenvalue weighted by atomic mass is 9.71. The second kappa shape index (κ2) is 17.1. The predicted octanol–water partition coefficient (Wildman–Crippen LogP) is 20.9. The Balaban J connectivity index is 1.79. The lowest BCUT2D eigenvalue weighted by molar-refractivity contribution is 0.531. The predicted molar refractivity (Wildman–Crippen MR) is 312 cm³/mol. The van der Waals surface area contributed by atoms with Crippen molar-refractivity contribution in [3.8, 4) is 44.5 Å². The van der Waals surface area contributed by atoms with Gasteiger partial charge in [0.25, 0.3) is 0 Å². The van der Waals surface area contributed by atoms with Crippen LogP contribution in [0.25, 0.3) is 76.8 Å². The zero-order valence-electron chi connectivity index (χ0n) is 47.1. The van der Waals surface area contributed by atoms with Gasteiger partial charge in [-0.1, -0.05) is 255 Å². The van der Waals surface area contributed by atoms with Gasteiger partial charge in [0.15, 0.2) is 0 Å². The Morgan fingerprint density at radius 3 is 0.643 bits per heavy atom. The smallest absolute Gasteiger partial charge is 0.000139 e. The van der Waals surface area contributed by atoms with E-state index in [0.717, 1.165) is 0 Å². The number of hydrogen-bond donors (Lipinski definition) is 0. The number of hydrogen-bond acceptors (Lipinski definition) is 0. The van der Waals surface area contributed by atoms with Gasteiger partial charge < -0.3 is 0 Å². The molecule has 0 heteroatoms. The van der Waals surface area contributed by atoms with Crippen LogP contribution in [-0.2, 0) is 37.9 Å². The van der Waals surface area contributed by atoms with Crippen LogP contribution in [0.1, 0.15) is 184 Å². The average molecular weight is 925 g/mol. The van der Waals surface area contributed by atoms with Gasteiger partial charge in [-0.05, 0) is 172 Å². The summed E-state index contributed by atoms with van der Waals surface area (Å²) in [7, 11) is 0. The summed E-state index contributed by atoms with van der Waals surface area (Å²) < 4.78 is 0. The molecule has 70 heavy (non-hydrogen) atoms. The molecule has 0 spiro atoms. The molecule has 0 aliphatic heterocycles. The Kier molecular flexibility index (Phi) is 12.4. The molecule has 0 nitrogen and oxygen atoms in total. The minimum absolute atomic E-state index is 0.0126. The molecule has 0 N–H and O–H groups in total. The van der Waals surface area contributed by atoms with Gasteiger partial charge in [-0.2, -0.15) is 0 Å². The van der Waals surface area contributed by atoms with Crippen molar-refractivity contribution in [1.82, 2.24) is 0 Å². The molecule has 0 aliphatic carbocycles. The third-order valence-corrected chi connectivity index (χ3v) is 15.1. The number of benzene rings is 8. The van der Waals surface area contributed by atoms with Crippen LogP contribution in [0, 0.1) is 0 Å². The van der Waals surface area contributed by atoms with Crippen molar-refractivity contribution in [2.45, 2.75) is 183 Å². The molecule has 364 valence electrons. The third-order valence-electron chi connectivity index (χ3n) is 15.1. The maximum absolute atomic E-state index is 2.62. The second-order valence-electron chi connectivity index (χ2n) is 28.0. The summed E-state index contributed by atoms with van der Waals surface area (Å²) in [6.07, 6.45) is 0. The fourth-order valence-corrected chi connectivity index (χ4v) is 10.7. The van der Waals surface area contributed by atoms with Crippen LogP contribution >= 0.6 is 0 Å². The largest absolute Gasteiger partial charge is 0.0579 e. The highest BCUT2D eigenvalue weighted by atomic mass is 14.4. The molecule has 0 aliphatic rings. The minimum Gasteiger partial charge on any atom is -0.0579 e. The zero-order chi connectivity index (χ0) is 51.5. The standard InChI is InChI=1S/C70H84/c1-64(2,3)47-30-22-43(23-31-47)58-52-39-38-51(68(13,14)15)40-53(52)59(44-24-32-48(33-25-44)65(4,5)6)63-61(46-28-36-50(37-29-46)67(10,11)12)55-42-57(70(19,20)21)56(69(16,17)18)41-54(55)60(62(58)63)45-26-34-49(35-27-45)66(7,8)9/h22-42H,1-21H3. The van der Waals surface area contributed by atoms with Crippen LogP contribution in [0.5, 0.6) is 0 Å². The monoisotopic (exact) mass is 925 g/mol. The molecule has 8 aromatic rings. The highest BCUT2D eigenvalue weighted by Crippen LogP contribution is 2.56. The van der Waals surface area contributed by atoms with Crippen molar-refractivity contribution < 1.29 is 0 Å². The van der Waals surface area contributed by atoms with E-state index < -0.39 is 0 Å². The SMILES string of the molecule is CC(C)(C)c1ccc(-c2c3ccc(C(C)(C)C)cc3c(-c3ccc(C(C)(C)C)cc3)c3c(-c4ccc(C(C)(C)C)cc4)c4cc(C(C)(C)C)c(C(C)(C)C)cc4c(-c4ccc(C(C)(C)C)cc4)c23)cc1. The van der Waals surface area contributed by atoms with E-state index in [2.05, 4.69) is 273 Å². The Labute approximate surface area is 424 Å². The summed E-state index contributed by atoms with van der Waals surface area (Å²) in [6, 6.07) is 51.2. The van der Waals surface area contributed by atoms with E-state index in [0.29, 0.717) is 0 Å². The van der Waals surface area contributed by atoms with Crippen LogP contribution < -0.4 is 0 Å². The zero-order valence-corrected chi connectivity index (χ0v) is 47.1. The number of rotatable bonds is 4. The Hall–Kier alpha value is -5.46. The summed E-state index contributed by atoms with van der Waals surface area (Å²) in [4.78, 5) is 0. The van der Waals surface area contributed by atoms with Crippen LogP contribution in [-0.4, -0.2) is 0 Å². The van der Waals surface area contributed by atoms with Gasteiger partial charge in [0.2, 0.25) is 0 Å². The summed E-state index contributed by atoms with van der Waals surface area (Å²) in [6.45, 7) is 49.3. The molecule has 0 amide bonds.